The van der Waals surface area contributed by atoms with E-state index in [1.165, 1.54) is 12.8 Å². The number of thioether (sulfide) groups is 1. The molecule has 2 rings (SSSR count). The van der Waals surface area contributed by atoms with Gasteiger partial charge in [-0.2, -0.15) is 24.5 Å². The van der Waals surface area contributed by atoms with Gasteiger partial charge in [0.1, 0.15) is 0 Å². The number of piperidine rings is 1. The molecule has 7 heteroatoms. The first-order valence-electron chi connectivity index (χ1n) is 7.59. The van der Waals surface area contributed by atoms with Crippen LogP contribution in [-0.4, -0.2) is 57.0 Å². The molecule has 0 atom stereocenters. The van der Waals surface area contributed by atoms with Crippen LogP contribution in [0.25, 0.3) is 0 Å². The van der Waals surface area contributed by atoms with Crippen LogP contribution in [0.5, 0.6) is 0 Å². The van der Waals surface area contributed by atoms with Crippen LogP contribution in [0.4, 0.5) is 0 Å². The molecule has 20 heavy (non-hydrogen) atoms. The minimum absolute atomic E-state index is 0.548. The van der Waals surface area contributed by atoms with Gasteiger partial charge in [-0.05, 0) is 56.6 Å². The summed E-state index contributed by atoms with van der Waals surface area (Å²) >= 11 is 1.75. The lowest BCUT2D eigenvalue weighted by Gasteiger charge is -2.31. The molecule has 1 heterocycles. The standard InChI is InChI=1S/C13H27N3O2S2/c1-19-10-2-7-15-20(17,18)16-8-5-12(6-9-16)11-14-13-3-4-13/h12-15H,2-11H2,1H3. The van der Waals surface area contributed by atoms with E-state index < -0.39 is 10.2 Å². The summed E-state index contributed by atoms with van der Waals surface area (Å²) in [5, 5.41) is 3.54. The van der Waals surface area contributed by atoms with Gasteiger partial charge in [-0.25, -0.2) is 4.72 Å². The Hall–Kier alpha value is 0.180. The molecule has 5 nitrogen and oxygen atoms in total. The fourth-order valence-corrected chi connectivity index (χ4v) is 4.19. The molecule has 118 valence electrons. The first-order chi connectivity index (χ1) is 9.62. The van der Waals surface area contributed by atoms with E-state index in [0.717, 1.165) is 37.6 Å². The fraction of sp³-hybridized carbons (Fsp3) is 1.00. The van der Waals surface area contributed by atoms with Gasteiger partial charge in [-0.1, -0.05) is 0 Å². The van der Waals surface area contributed by atoms with Crippen LogP contribution in [0.1, 0.15) is 32.1 Å². The highest BCUT2D eigenvalue weighted by Gasteiger charge is 2.28. The number of nitrogens with zero attached hydrogens (tertiary/aromatic N) is 1. The monoisotopic (exact) mass is 321 g/mol. The number of hydrogen-bond acceptors (Lipinski definition) is 4. The second-order valence-corrected chi connectivity index (χ2v) is 8.51. The molecule has 0 spiro atoms. The fourth-order valence-electron chi connectivity index (χ4n) is 2.48. The number of nitrogens with one attached hydrogen (secondary N) is 2. The molecule has 0 aromatic rings. The topological polar surface area (TPSA) is 61.4 Å². The normalized spacial score (nSPS) is 22.2. The Balaban J connectivity index is 1.65. The molecule has 2 N–H and O–H groups in total. The van der Waals surface area contributed by atoms with Gasteiger partial charge in [0.15, 0.2) is 0 Å². The molecule has 0 radical (unpaired) electrons. The van der Waals surface area contributed by atoms with Crippen LogP contribution in [0.3, 0.4) is 0 Å². The second kappa shape index (κ2) is 7.98. The maximum absolute atomic E-state index is 12.1. The smallest absolute Gasteiger partial charge is 0.279 e. The number of hydrogen-bond donors (Lipinski definition) is 2. The molecule has 0 unspecified atom stereocenters. The Kier molecular flexibility index (Phi) is 6.61. The minimum atomic E-state index is -3.25. The van der Waals surface area contributed by atoms with Crippen molar-refractivity contribution < 1.29 is 8.42 Å². The third-order valence-corrected chi connectivity index (χ3v) is 6.31. The summed E-state index contributed by atoms with van der Waals surface area (Å²) in [4.78, 5) is 0. The van der Waals surface area contributed by atoms with Gasteiger partial charge < -0.3 is 5.32 Å². The zero-order chi connectivity index (χ0) is 14.4. The van der Waals surface area contributed by atoms with Crippen LogP contribution >= 0.6 is 11.8 Å². The lowest BCUT2D eigenvalue weighted by molar-refractivity contribution is 0.264. The quantitative estimate of drug-likeness (QED) is 0.623. The Morgan fingerprint density at radius 1 is 1.20 bits per heavy atom. The average molecular weight is 322 g/mol. The molecular formula is C13H27N3O2S2. The van der Waals surface area contributed by atoms with Crippen LogP contribution in [0, 0.1) is 5.92 Å². The van der Waals surface area contributed by atoms with Crippen molar-refractivity contribution in [3.8, 4) is 0 Å². The first kappa shape index (κ1) is 16.5. The van der Waals surface area contributed by atoms with Crippen LogP contribution < -0.4 is 10.0 Å². The molecule has 0 aromatic heterocycles. The number of rotatable bonds is 9. The maximum Gasteiger partial charge on any atom is 0.279 e. The predicted molar refractivity (Wildman–Crippen MR) is 85.2 cm³/mol. The van der Waals surface area contributed by atoms with Crippen molar-refractivity contribution in [3.05, 3.63) is 0 Å². The van der Waals surface area contributed by atoms with E-state index in [9.17, 15) is 8.42 Å². The van der Waals surface area contributed by atoms with Gasteiger partial charge in [-0.3, -0.25) is 0 Å². The minimum Gasteiger partial charge on any atom is -0.314 e. The van der Waals surface area contributed by atoms with Gasteiger partial charge in [0.2, 0.25) is 0 Å². The van der Waals surface area contributed by atoms with Gasteiger partial charge in [0.05, 0.1) is 0 Å². The zero-order valence-corrected chi connectivity index (χ0v) is 13.9. The molecule has 1 aliphatic carbocycles. The molecule has 0 aromatic carbocycles. The van der Waals surface area contributed by atoms with E-state index >= 15 is 0 Å². The van der Waals surface area contributed by atoms with E-state index in [2.05, 4.69) is 10.0 Å². The van der Waals surface area contributed by atoms with E-state index in [-0.39, 0.29) is 0 Å². The lowest BCUT2D eigenvalue weighted by atomic mass is 9.98. The van der Waals surface area contributed by atoms with Crippen LogP contribution in [0.15, 0.2) is 0 Å². The Morgan fingerprint density at radius 2 is 1.90 bits per heavy atom. The second-order valence-electron chi connectivity index (χ2n) is 5.77. The van der Waals surface area contributed by atoms with Gasteiger partial charge in [-0.15, -0.1) is 0 Å². The van der Waals surface area contributed by atoms with E-state index in [1.807, 2.05) is 6.26 Å². The summed E-state index contributed by atoms with van der Waals surface area (Å²) < 4.78 is 28.6. The summed E-state index contributed by atoms with van der Waals surface area (Å²) in [6.07, 6.45) is 7.51. The van der Waals surface area contributed by atoms with E-state index in [1.54, 1.807) is 16.1 Å². The summed E-state index contributed by atoms with van der Waals surface area (Å²) in [5.74, 6) is 1.63. The van der Waals surface area contributed by atoms with Crippen LogP contribution in [-0.2, 0) is 10.2 Å². The van der Waals surface area contributed by atoms with E-state index in [0.29, 0.717) is 25.6 Å². The van der Waals surface area contributed by atoms with Crippen molar-refractivity contribution in [3.63, 3.8) is 0 Å². The van der Waals surface area contributed by atoms with Crippen molar-refractivity contribution in [2.75, 3.05) is 38.2 Å². The van der Waals surface area contributed by atoms with Crippen molar-refractivity contribution in [1.82, 2.24) is 14.3 Å². The lowest BCUT2D eigenvalue weighted by Crippen LogP contribution is -2.46. The molecule has 1 saturated heterocycles. The molecular weight excluding hydrogens is 294 g/mol. The molecule has 1 saturated carbocycles. The SMILES string of the molecule is CSCCCNS(=O)(=O)N1CCC(CNC2CC2)CC1. The maximum atomic E-state index is 12.1. The Bertz CT molecular complexity index is 377. The van der Waals surface area contributed by atoms with Crippen molar-refractivity contribution in [2.45, 2.75) is 38.1 Å². The summed E-state index contributed by atoms with van der Waals surface area (Å²) in [7, 11) is -3.25. The first-order valence-corrected chi connectivity index (χ1v) is 10.4. The zero-order valence-electron chi connectivity index (χ0n) is 12.3. The highest BCUT2D eigenvalue weighted by molar-refractivity contribution is 7.98. The summed E-state index contributed by atoms with van der Waals surface area (Å²) in [5.41, 5.74) is 0. The third-order valence-electron chi connectivity index (χ3n) is 4.00. The van der Waals surface area contributed by atoms with Crippen LogP contribution in [0.2, 0.25) is 0 Å². The van der Waals surface area contributed by atoms with Gasteiger partial charge in [0.25, 0.3) is 10.2 Å². The highest BCUT2D eigenvalue weighted by atomic mass is 32.2. The molecule has 1 aliphatic heterocycles. The van der Waals surface area contributed by atoms with Crippen molar-refractivity contribution in [1.29, 1.82) is 0 Å². The largest absolute Gasteiger partial charge is 0.314 e. The molecule has 0 bridgehead atoms. The van der Waals surface area contributed by atoms with Gasteiger partial charge >= 0.3 is 0 Å². The Morgan fingerprint density at radius 3 is 2.50 bits per heavy atom. The third kappa shape index (κ3) is 5.52. The van der Waals surface area contributed by atoms with Gasteiger partial charge in [0, 0.05) is 25.7 Å². The highest BCUT2D eigenvalue weighted by Crippen LogP contribution is 2.22. The van der Waals surface area contributed by atoms with E-state index in [4.69, 9.17) is 0 Å². The predicted octanol–water partition coefficient (Wildman–Crippen LogP) is 1.04. The average Bonchev–Trinajstić information content (AvgIpc) is 3.26. The summed E-state index contributed by atoms with van der Waals surface area (Å²) in [6, 6.07) is 0.745. The van der Waals surface area contributed by atoms with Crippen molar-refractivity contribution >= 4 is 22.0 Å². The molecule has 2 fully saturated rings. The molecule has 2 aliphatic rings. The Labute approximate surface area is 127 Å². The van der Waals surface area contributed by atoms with Crippen molar-refractivity contribution in [2.24, 2.45) is 5.92 Å². The summed E-state index contributed by atoms with van der Waals surface area (Å²) in [6.45, 7) is 2.93. The molecule has 0 amide bonds.